The maximum Gasteiger partial charge on any atom is 0.118 e. The van der Waals surface area contributed by atoms with E-state index in [1.165, 1.54) is 0 Å². The van der Waals surface area contributed by atoms with E-state index in [4.69, 9.17) is 19.9 Å². The fourth-order valence-corrected chi connectivity index (χ4v) is 3.39. The summed E-state index contributed by atoms with van der Waals surface area (Å²) in [6.45, 7) is 4.54. The molecule has 2 rings (SSSR count). The van der Waals surface area contributed by atoms with E-state index in [-0.39, 0.29) is 12.2 Å². The molecule has 25 heavy (non-hydrogen) atoms. The number of aliphatic hydroxyl groups excluding tert-OH is 1. The van der Waals surface area contributed by atoms with Gasteiger partial charge in [-0.1, -0.05) is 41.9 Å². The zero-order chi connectivity index (χ0) is 18.4. The molecule has 1 aliphatic carbocycles. The Hall–Kier alpha value is -0.920. The molecule has 0 saturated carbocycles. The van der Waals surface area contributed by atoms with Gasteiger partial charge in [0, 0.05) is 4.48 Å². The first-order valence-electron chi connectivity index (χ1n) is 8.70. The fraction of sp³-hybridized carbons (Fsp3) is 0.579. The van der Waals surface area contributed by atoms with Crippen LogP contribution in [0.5, 0.6) is 5.75 Å². The van der Waals surface area contributed by atoms with Crippen molar-refractivity contribution >= 4 is 15.9 Å². The predicted molar refractivity (Wildman–Crippen MR) is 102 cm³/mol. The molecule has 1 aromatic rings. The minimum absolute atomic E-state index is 0.144. The summed E-state index contributed by atoms with van der Waals surface area (Å²) in [5.74, 6) is 0.794. The standard InChI is InChI=1S/C19H28BrNO4/c1-4-13(5-2)25-16-10-15(20)18(22)19(17(16)21)24-11-12-6-8-14(23-3)9-7-12/h6-10,13,16-19,22H,4-5,11,21H2,1-3H3/t16-,17+,18-,19+/m1/s1. The highest BCUT2D eigenvalue weighted by molar-refractivity contribution is 9.11. The van der Waals surface area contributed by atoms with E-state index in [1.54, 1.807) is 7.11 Å². The number of methoxy groups -OCH3 is 1. The summed E-state index contributed by atoms with van der Waals surface area (Å²) >= 11 is 3.42. The van der Waals surface area contributed by atoms with Gasteiger partial charge in [-0.2, -0.15) is 0 Å². The molecule has 140 valence electrons. The lowest BCUT2D eigenvalue weighted by atomic mass is 9.93. The first kappa shape index (κ1) is 20.4. The van der Waals surface area contributed by atoms with Gasteiger partial charge in [-0.05, 0) is 36.6 Å². The Bertz CT molecular complexity index is 559. The van der Waals surface area contributed by atoms with E-state index < -0.39 is 18.2 Å². The summed E-state index contributed by atoms with van der Waals surface area (Å²) in [5, 5.41) is 10.4. The monoisotopic (exact) mass is 413 g/mol. The molecule has 0 bridgehead atoms. The number of aliphatic hydroxyl groups is 1. The zero-order valence-electron chi connectivity index (χ0n) is 15.0. The van der Waals surface area contributed by atoms with E-state index in [0.29, 0.717) is 11.1 Å². The second-order valence-electron chi connectivity index (χ2n) is 6.24. The molecule has 0 aromatic heterocycles. The number of ether oxygens (including phenoxy) is 3. The van der Waals surface area contributed by atoms with E-state index in [9.17, 15) is 5.11 Å². The van der Waals surface area contributed by atoms with Crippen LogP contribution in [-0.4, -0.2) is 42.7 Å². The third-order valence-electron chi connectivity index (χ3n) is 4.54. The number of halogens is 1. The summed E-state index contributed by atoms with van der Waals surface area (Å²) in [6, 6.07) is 7.19. The third-order valence-corrected chi connectivity index (χ3v) is 5.27. The highest BCUT2D eigenvalue weighted by atomic mass is 79.9. The van der Waals surface area contributed by atoms with Crippen LogP contribution in [0.25, 0.3) is 0 Å². The Kier molecular flexibility index (Phi) is 7.90. The lowest BCUT2D eigenvalue weighted by Crippen LogP contribution is -2.55. The van der Waals surface area contributed by atoms with Gasteiger partial charge in [0.05, 0.1) is 32.0 Å². The molecule has 0 aliphatic heterocycles. The predicted octanol–water partition coefficient (Wildman–Crippen LogP) is 3.13. The van der Waals surface area contributed by atoms with Crippen LogP contribution in [0.4, 0.5) is 0 Å². The Morgan fingerprint density at radius 2 is 1.84 bits per heavy atom. The summed E-state index contributed by atoms with van der Waals surface area (Å²) in [5.41, 5.74) is 7.34. The molecule has 6 heteroatoms. The summed E-state index contributed by atoms with van der Waals surface area (Å²) in [7, 11) is 1.63. The molecule has 0 fully saturated rings. The first-order chi connectivity index (χ1) is 12.0. The molecule has 0 saturated heterocycles. The SMILES string of the molecule is CCC(CC)O[C@@H]1C=C(Br)[C@@H](O)[C@@H](OCc2ccc(OC)cc2)[C@H]1N. The van der Waals surface area contributed by atoms with Crippen molar-refractivity contribution in [2.45, 2.75) is 63.8 Å². The average Bonchev–Trinajstić information content (AvgIpc) is 2.64. The molecular formula is C19H28BrNO4. The van der Waals surface area contributed by atoms with Gasteiger partial charge in [0.15, 0.2) is 0 Å². The van der Waals surface area contributed by atoms with E-state index >= 15 is 0 Å². The van der Waals surface area contributed by atoms with E-state index in [1.807, 2.05) is 30.3 Å². The van der Waals surface area contributed by atoms with Gasteiger partial charge in [-0.15, -0.1) is 0 Å². The number of hydrogen-bond donors (Lipinski definition) is 2. The molecule has 4 atom stereocenters. The zero-order valence-corrected chi connectivity index (χ0v) is 16.6. The smallest absolute Gasteiger partial charge is 0.118 e. The van der Waals surface area contributed by atoms with Crippen LogP contribution in [0.2, 0.25) is 0 Å². The lowest BCUT2D eigenvalue weighted by Gasteiger charge is -2.38. The first-order valence-corrected chi connectivity index (χ1v) is 9.50. The van der Waals surface area contributed by atoms with Crippen molar-refractivity contribution in [1.82, 2.24) is 0 Å². The van der Waals surface area contributed by atoms with Crippen LogP contribution < -0.4 is 10.5 Å². The second kappa shape index (κ2) is 9.69. The van der Waals surface area contributed by atoms with Crippen LogP contribution in [0, 0.1) is 0 Å². The topological polar surface area (TPSA) is 73.9 Å². The minimum Gasteiger partial charge on any atom is -0.497 e. The maximum absolute atomic E-state index is 10.4. The third kappa shape index (κ3) is 5.28. The normalized spacial score (nSPS) is 26.6. The van der Waals surface area contributed by atoms with Crippen molar-refractivity contribution in [2.24, 2.45) is 5.73 Å². The van der Waals surface area contributed by atoms with Crippen LogP contribution >= 0.6 is 15.9 Å². The minimum atomic E-state index is -0.796. The molecule has 0 spiro atoms. The summed E-state index contributed by atoms with van der Waals surface area (Å²) < 4.78 is 17.9. The molecule has 1 aliphatic rings. The Morgan fingerprint density at radius 3 is 2.40 bits per heavy atom. The van der Waals surface area contributed by atoms with E-state index in [0.717, 1.165) is 24.2 Å². The number of hydrogen-bond acceptors (Lipinski definition) is 5. The second-order valence-corrected chi connectivity index (χ2v) is 7.15. The van der Waals surface area contributed by atoms with Crippen molar-refractivity contribution < 1.29 is 19.3 Å². The van der Waals surface area contributed by atoms with Crippen LogP contribution in [0.3, 0.4) is 0 Å². The van der Waals surface area contributed by atoms with Crippen molar-refractivity contribution in [1.29, 1.82) is 0 Å². The molecule has 0 amide bonds. The Labute approximate surface area is 158 Å². The van der Waals surface area contributed by atoms with Gasteiger partial charge < -0.3 is 25.1 Å². The largest absolute Gasteiger partial charge is 0.497 e. The number of rotatable bonds is 8. The quantitative estimate of drug-likeness (QED) is 0.684. The maximum atomic E-state index is 10.4. The molecule has 1 aromatic carbocycles. The molecule has 3 N–H and O–H groups in total. The van der Waals surface area contributed by atoms with Crippen LogP contribution in [0.15, 0.2) is 34.8 Å². The Balaban J connectivity index is 2.03. The van der Waals surface area contributed by atoms with Crippen molar-refractivity contribution in [3.05, 3.63) is 40.4 Å². The average molecular weight is 414 g/mol. The van der Waals surface area contributed by atoms with Crippen LogP contribution in [-0.2, 0) is 16.1 Å². The van der Waals surface area contributed by atoms with Gasteiger partial charge >= 0.3 is 0 Å². The summed E-state index contributed by atoms with van der Waals surface area (Å²) in [4.78, 5) is 0. The number of benzene rings is 1. The molecule has 0 radical (unpaired) electrons. The van der Waals surface area contributed by atoms with Crippen molar-refractivity contribution in [2.75, 3.05) is 7.11 Å². The van der Waals surface area contributed by atoms with Crippen LogP contribution in [0.1, 0.15) is 32.3 Å². The Morgan fingerprint density at radius 1 is 1.20 bits per heavy atom. The molecule has 0 heterocycles. The van der Waals surface area contributed by atoms with Gasteiger partial charge in [0.25, 0.3) is 0 Å². The molecule has 0 unspecified atom stereocenters. The van der Waals surface area contributed by atoms with Gasteiger partial charge in [0.2, 0.25) is 0 Å². The number of nitrogens with two attached hydrogens (primary N) is 1. The van der Waals surface area contributed by atoms with Gasteiger partial charge in [-0.25, -0.2) is 0 Å². The lowest BCUT2D eigenvalue weighted by molar-refractivity contribution is -0.0918. The fourth-order valence-electron chi connectivity index (χ4n) is 2.87. The van der Waals surface area contributed by atoms with Crippen molar-refractivity contribution in [3.8, 4) is 5.75 Å². The van der Waals surface area contributed by atoms with Gasteiger partial charge in [0.1, 0.15) is 18.0 Å². The summed E-state index contributed by atoms with van der Waals surface area (Å²) in [6.07, 6.45) is 2.21. The highest BCUT2D eigenvalue weighted by Crippen LogP contribution is 2.29. The van der Waals surface area contributed by atoms with Crippen molar-refractivity contribution in [3.63, 3.8) is 0 Å². The molecule has 5 nitrogen and oxygen atoms in total. The highest BCUT2D eigenvalue weighted by Gasteiger charge is 2.38. The van der Waals surface area contributed by atoms with Gasteiger partial charge in [-0.3, -0.25) is 0 Å². The van der Waals surface area contributed by atoms with E-state index in [2.05, 4.69) is 29.8 Å². The molecular weight excluding hydrogens is 386 g/mol.